The number of alkyl halides is 3. The van der Waals surface area contributed by atoms with E-state index in [0.717, 1.165) is 0 Å². The standard InChI is InChI=1S/C9H4BrF3N2/c10-8-14-6-4-2-1-3-5(6)7(15-8)9(11,12)13/h1-4H. The molecule has 0 saturated heterocycles. The maximum Gasteiger partial charge on any atom is 0.434 e. The summed E-state index contributed by atoms with van der Waals surface area (Å²) in [6.07, 6.45) is -4.47. The average Bonchev–Trinajstić information content (AvgIpc) is 2.15. The van der Waals surface area contributed by atoms with Crippen LogP contribution in [0.25, 0.3) is 10.9 Å². The van der Waals surface area contributed by atoms with Crippen LogP contribution in [-0.2, 0) is 6.18 Å². The summed E-state index contributed by atoms with van der Waals surface area (Å²) in [4.78, 5) is 7.21. The molecule has 6 heteroatoms. The van der Waals surface area contributed by atoms with Crippen molar-refractivity contribution in [2.45, 2.75) is 6.18 Å². The number of halogens is 4. The first-order valence-corrected chi connectivity index (χ1v) is 4.77. The van der Waals surface area contributed by atoms with E-state index in [9.17, 15) is 13.2 Å². The molecule has 0 aliphatic carbocycles. The summed E-state index contributed by atoms with van der Waals surface area (Å²) in [5.41, 5.74) is -0.647. The minimum atomic E-state index is -4.47. The van der Waals surface area contributed by atoms with Crippen LogP contribution in [0.5, 0.6) is 0 Å². The molecule has 0 fully saturated rings. The number of fused-ring (bicyclic) bond motifs is 1. The van der Waals surface area contributed by atoms with Crippen molar-refractivity contribution in [2.24, 2.45) is 0 Å². The molecule has 0 N–H and O–H groups in total. The van der Waals surface area contributed by atoms with Crippen molar-refractivity contribution in [3.63, 3.8) is 0 Å². The summed E-state index contributed by atoms with van der Waals surface area (Å²) >= 11 is 2.85. The maximum atomic E-state index is 12.6. The molecule has 78 valence electrons. The topological polar surface area (TPSA) is 25.8 Å². The zero-order valence-corrected chi connectivity index (χ0v) is 8.80. The van der Waals surface area contributed by atoms with Gasteiger partial charge in [0, 0.05) is 5.39 Å². The molecule has 2 nitrogen and oxygen atoms in total. The van der Waals surface area contributed by atoms with Crippen LogP contribution in [0.15, 0.2) is 29.0 Å². The summed E-state index contributed by atoms with van der Waals surface area (Å²) < 4.78 is 37.7. The Morgan fingerprint density at radius 1 is 1.07 bits per heavy atom. The molecule has 0 aliphatic rings. The predicted molar refractivity (Wildman–Crippen MR) is 52.2 cm³/mol. The van der Waals surface area contributed by atoms with Gasteiger partial charge in [-0.15, -0.1) is 0 Å². The third kappa shape index (κ3) is 1.94. The fourth-order valence-corrected chi connectivity index (χ4v) is 1.63. The zero-order chi connectivity index (χ0) is 11.1. The fraction of sp³-hybridized carbons (Fsp3) is 0.111. The molecule has 2 aromatic rings. The molecule has 0 aliphatic heterocycles. The molecule has 0 saturated carbocycles. The Morgan fingerprint density at radius 2 is 1.73 bits per heavy atom. The van der Waals surface area contributed by atoms with Crippen LogP contribution in [0, 0.1) is 0 Å². The van der Waals surface area contributed by atoms with Gasteiger partial charge < -0.3 is 0 Å². The highest BCUT2D eigenvalue weighted by Gasteiger charge is 2.35. The molecule has 1 aromatic carbocycles. The molecular formula is C9H4BrF3N2. The smallest absolute Gasteiger partial charge is 0.222 e. The number of para-hydroxylation sites is 1. The van der Waals surface area contributed by atoms with Gasteiger partial charge in [0.1, 0.15) is 0 Å². The van der Waals surface area contributed by atoms with Gasteiger partial charge in [0.15, 0.2) is 10.4 Å². The van der Waals surface area contributed by atoms with E-state index in [0.29, 0.717) is 0 Å². The van der Waals surface area contributed by atoms with E-state index < -0.39 is 11.9 Å². The van der Waals surface area contributed by atoms with Gasteiger partial charge in [-0.05, 0) is 22.0 Å². The van der Waals surface area contributed by atoms with E-state index in [4.69, 9.17) is 0 Å². The normalized spacial score (nSPS) is 12.0. The van der Waals surface area contributed by atoms with Crippen LogP contribution in [-0.4, -0.2) is 9.97 Å². The van der Waals surface area contributed by atoms with Gasteiger partial charge >= 0.3 is 6.18 Å². The molecule has 0 unspecified atom stereocenters. The van der Waals surface area contributed by atoms with Crippen LogP contribution >= 0.6 is 15.9 Å². The zero-order valence-electron chi connectivity index (χ0n) is 7.22. The van der Waals surface area contributed by atoms with Crippen molar-refractivity contribution in [1.82, 2.24) is 9.97 Å². The molecule has 15 heavy (non-hydrogen) atoms. The van der Waals surface area contributed by atoms with Gasteiger partial charge in [0.2, 0.25) is 0 Å². The predicted octanol–water partition coefficient (Wildman–Crippen LogP) is 3.41. The summed E-state index contributed by atoms with van der Waals surface area (Å²) in [6.45, 7) is 0. The van der Waals surface area contributed by atoms with Crippen molar-refractivity contribution in [2.75, 3.05) is 0 Å². The van der Waals surface area contributed by atoms with Gasteiger partial charge in [-0.3, -0.25) is 0 Å². The maximum absolute atomic E-state index is 12.6. The second kappa shape index (κ2) is 3.44. The van der Waals surface area contributed by atoms with Crippen LogP contribution in [0.3, 0.4) is 0 Å². The Labute approximate surface area is 91.3 Å². The lowest BCUT2D eigenvalue weighted by molar-refractivity contribution is -0.139. The first kappa shape index (κ1) is 10.4. The van der Waals surface area contributed by atoms with Gasteiger partial charge in [-0.25, -0.2) is 9.97 Å². The summed E-state index contributed by atoms with van der Waals surface area (Å²) in [6, 6.07) is 6.01. The molecule has 0 spiro atoms. The monoisotopic (exact) mass is 276 g/mol. The van der Waals surface area contributed by atoms with E-state index in [1.54, 1.807) is 6.07 Å². The van der Waals surface area contributed by atoms with Crippen molar-refractivity contribution in [3.8, 4) is 0 Å². The van der Waals surface area contributed by atoms with Crippen LogP contribution in [0.4, 0.5) is 13.2 Å². The van der Waals surface area contributed by atoms with Crippen LogP contribution in [0.2, 0.25) is 0 Å². The second-order valence-electron chi connectivity index (χ2n) is 2.86. The first-order chi connectivity index (χ1) is 6.98. The Kier molecular flexibility index (Phi) is 2.38. The minimum Gasteiger partial charge on any atom is -0.222 e. The largest absolute Gasteiger partial charge is 0.434 e. The van der Waals surface area contributed by atoms with Crippen molar-refractivity contribution < 1.29 is 13.2 Å². The van der Waals surface area contributed by atoms with E-state index in [-0.39, 0.29) is 15.6 Å². The number of rotatable bonds is 0. The van der Waals surface area contributed by atoms with Gasteiger partial charge in [0.25, 0.3) is 0 Å². The number of hydrogen-bond acceptors (Lipinski definition) is 2. The number of aromatic nitrogens is 2. The van der Waals surface area contributed by atoms with Crippen molar-refractivity contribution in [1.29, 1.82) is 0 Å². The molecule has 1 aromatic heterocycles. The molecular weight excluding hydrogens is 273 g/mol. The van der Waals surface area contributed by atoms with E-state index in [1.807, 2.05) is 0 Å². The van der Waals surface area contributed by atoms with Gasteiger partial charge in [-0.1, -0.05) is 18.2 Å². The Morgan fingerprint density at radius 3 is 2.40 bits per heavy atom. The lowest BCUT2D eigenvalue weighted by Gasteiger charge is -2.08. The Balaban J connectivity index is 2.83. The van der Waals surface area contributed by atoms with Crippen LogP contribution in [0.1, 0.15) is 5.69 Å². The molecule has 0 amide bonds. The van der Waals surface area contributed by atoms with Gasteiger partial charge in [0.05, 0.1) is 5.52 Å². The van der Waals surface area contributed by atoms with Crippen molar-refractivity contribution in [3.05, 3.63) is 34.7 Å². The molecule has 2 rings (SSSR count). The minimum absolute atomic E-state index is 0.00759. The summed E-state index contributed by atoms with van der Waals surface area (Å²) in [5.74, 6) is 0. The Hall–Kier alpha value is -1.17. The lowest BCUT2D eigenvalue weighted by Crippen LogP contribution is -2.09. The third-order valence-electron chi connectivity index (χ3n) is 1.84. The highest BCUT2D eigenvalue weighted by atomic mass is 79.9. The molecule has 0 radical (unpaired) electrons. The van der Waals surface area contributed by atoms with Gasteiger partial charge in [-0.2, -0.15) is 13.2 Å². The molecule has 0 bridgehead atoms. The van der Waals surface area contributed by atoms with Crippen molar-refractivity contribution >= 4 is 26.8 Å². The first-order valence-electron chi connectivity index (χ1n) is 3.98. The Bertz CT molecular complexity index is 510. The SMILES string of the molecule is FC(F)(F)c1nc(Br)nc2ccccc12. The third-order valence-corrected chi connectivity index (χ3v) is 2.20. The quantitative estimate of drug-likeness (QED) is 0.689. The average molecular weight is 277 g/mol. The summed E-state index contributed by atoms with van der Waals surface area (Å²) in [7, 11) is 0. The van der Waals surface area contributed by atoms with Crippen LogP contribution < -0.4 is 0 Å². The highest BCUT2D eigenvalue weighted by molar-refractivity contribution is 9.10. The lowest BCUT2D eigenvalue weighted by atomic mass is 10.2. The number of benzene rings is 1. The van der Waals surface area contributed by atoms with E-state index in [2.05, 4.69) is 25.9 Å². The molecule has 1 heterocycles. The summed E-state index contributed by atoms with van der Waals surface area (Å²) in [5, 5.41) is 0.00759. The second-order valence-corrected chi connectivity index (χ2v) is 3.57. The number of hydrogen-bond donors (Lipinski definition) is 0. The molecule has 0 atom stereocenters. The number of nitrogens with zero attached hydrogens (tertiary/aromatic N) is 2. The van der Waals surface area contributed by atoms with E-state index in [1.165, 1.54) is 18.2 Å². The van der Waals surface area contributed by atoms with E-state index >= 15 is 0 Å². The fourth-order valence-electron chi connectivity index (χ4n) is 1.26. The highest BCUT2D eigenvalue weighted by Crippen LogP contribution is 2.33.